The van der Waals surface area contributed by atoms with E-state index >= 15 is 0 Å². The van der Waals surface area contributed by atoms with Gasteiger partial charge in [-0.2, -0.15) is 5.10 Å². The molecule has 0 radical (unpaired) electrons. The SMILES string of the molecule is Cc1c(-c2ccc(N3CCc4cccc(C(=O)Nc5nc6ccccc6s5)c4C3)nc2C(=O)O)cnn1CC12CC3(C)CC(C)(C1)CC(OCCN(C(=O)OC/C=C/c1ccc(O[C@@H]4O[C@H](C(=O)O)[C@@H](O)[C@H](O)[C@H]4O)c(NC(=O)CCNC(=O)CCCCCN4C(=O)C=CC4=O)c1)C1COC1)(C3)C2. The molecule has 14 rings (SSSR count). The number of carboxylic acids is 2. The zero-order valence-corrected chi connectivity index (χ0v) is 58.2. The largest absolute Gasteiger partial charge is 0.479 e. The van der Waals surface area contributed by atoms with E-state index in [1.165, 1.54) is 35.6 Å². The lowest BCUT2D eigenvalue weighted by atomic mass is 9.39. The molecule has 7 atom stereocenters. The van der Waals surface area contributed by atoms with E-state index < -0.39 is 60.2 Å². The fraction of sp³-hybridized carbons (Fsp3) is 0.473. The van der Waals surface area contributed by atoms with Gasteiger partial charge in [0.1, 0.15) is 36.5 Å². The van der Waals surface area contributed by atoms with Gasteiger partial charge in [0.25, 0.3) is 17.7 Å². The zero-order chi connectivity index (χ0) is 72.5. The number of benzene rings is 3. The molecule has 3 aromatic carbocycles. The van der Waals surface area contributed by atoms with E-state index in [-0.39, 0.29) is 109 Å². The molecule has 2 unspecified atom stereocenters. The molecule has 3 aromatic heterocycles. The fourth-order valence-electron chi connectivity index (χ4n) is 17.1. The minimum atomic E-state index is -1.98. The van der Waals surface area contributed by atoms with Gasteiger partial charge in [-0.25, -0.2) is 24.4 Å². The number of rotatable bonds is 28. The van der Waals surface area contributed by atoms with Crippen LogP contribution < -0.4 is 25.6 Å². The van der Waals surface area contributed by atoms with Crippen LogP contribution in [-0.4, -0.2) is 198 Å². The van der Waals surface area contributed by atoms with Gasteiger partial charge in [0.05, 0.1) is 53.6 Å². The topological polar surface area (TPSA) is 373 Å². The summed E-state index contributed by atoms with van der Waals surface area (Å²) in [5, 5.41) is 65.8. The lowest BCUT2D eigenvalue weighted by molar-refractivity contribution is -0.271. The number of thiazole rings is 1. The maximum atomic E-state index is 14.0. The number of aromatic nitrogens is 4. The number of nitrogens with one attached hydrogen (secondary N) is 3. The molecule has 7 heterocycles. The third-order valence-electron chi connectivity index (χ3n) is 20.8. The average Bonchev–Trinajstić information content (AvgIpc) is 1.04. The second-order valence-corrected chi connectivity index (χ2v) is 30.1. The number of nitrogens with zero attached hydrogens (tertiary/aromatic N) is 7. The predicted molar refractivity (Wildman–Crippen MR) is 375 cm³/mol. The molecule has 8 N–H and O–H groups in total. The van der Waals surface area contributed by atoms with Crippen molar-refractivity contribution in [2.75, 3.05) is 68.1 Å². The first kappa shape index (κ1) is 71.9. The average molecular weight is 1430 g/mol. The Morgan fingerprint density at radius 2 is 1.59 bits per heavy atom. The van der Waals surface area contributed by atoms with E-state index in [9.17, 15) is 63.9 Å². The van der Waals surface area contributed by atoms with E-state index in [0.717, 1.165) is 70.5 Å². The van der Waals surface area contributed by atoms with Gasteiger partial charge >= 0.3 is 18.0 Å². The van der Waals surface area contributed by atoms with Crippen LogP contribution in [0.2, 0.25) is 0 Å². The minimum Gasteiger partial charge on any atom is -0.479 e. The number of hydrogen-bond donors (Lipinski definition) is 8. The Kier molecular flexibility index (Phi) is 20.7. The Hall–Kier alpha value is -9.49. The van der Waals surface area contributed by atoms with Gasteiger partial charge in [-0.15, -0.1) is 0 Å². The van der Waals surface area contributed by atoms with Crippen LogP contribution in [0.25, 0.3) is 27.4 Å². The lowest BCUT2D eigenvalue weighted by Gasteiger charge is -2.69. The molecule has 103 heavy (non-hydrogen) atoms. The van der Waals surface area contributed by atoms with Crippen molar-refractivity contribution in [3.63, 3.8) is 0 Å². The second kappa shape index (κ2) is 29.7. The van der Waals surface area contributed by atoms with Gasteiger partial charge in [-0.1, -0.05) is 68.0 Å². The molecule has 544 valence electrons. The molecular weight excluding hydrogens is 1350 g/mol. The van der Waals surface area contributed by atoms with Crippen LogP contribution >= 0.6 is 11.3 Å². The number of para-hydroxylation sites is 1. The zero-order valence-electron chi connectivity index (χ0n) is 57.4. The highest BCUT2D eigenvalue weighted by molar-refractivity contribution is 7.22. The van der Waals surface area contributed by atoms with Crippen molar-refractivity contribution in [3.05, 3.63) is 131 Å². The Morgan fingerprint density at radius 3 is 2.33 bits per heavy atom. The quantitative estimate of drug-likeness (QED) is 0.0177. The highest BCUT2D eigenvalue weighted by Crippen LogP contribution is 2.72. The van der Waals surface area contributed by atoms with Crippen LogP contribution in [0, 0.1) is 23.2 Å². The number of ether oxygens (including phenoxy) is 5. The third kappa shape index (κ3) is 15.7. The number of aliphatic hydroxyl groups is 3. The van der Waals surface area contributed by atoms with E-state index in [0.29, 0.717) is 91.7 Å². The summed E-state index contributed by atoms with van der Waals surface area (Å²) in [4.78, 5) is 117. The summed E-state index contributed by atoms with van der Waals surface area (Å²) in [7, 11) is 0. The number of carbonyl (C=O) groups excluding carboxylic acids is 6. The van der Waals surface area contributed by atoms with Crippen molar-refractivity contribution < 1.29 is 87.6 Å². The summed E-state index contributed by atoms with van der Waals surface area (Å²) in [6.45, 7) is 9.32. The molecule has 6 aromatic rings. The van der Waals surface area contributed by atoms with E-state index in [4.69, 9.17) is 33.8 Å². The predicted octanol–water partition coefficient (Wildman–Crippen LogP) is 7.26. The number of aliphatic hydroxyl groups excluding tert-OH is 3. The fourth-order valence-corrected chi connectivity index (χ4v) is 18.0. The van der Waals surface area contributed by atoms with Crippen LogP contribution in [0.5, 0.6) is 5.75 Å². The summed E-state index contributed by atoms with van der Waals surface area (Å²) in [6.07, 6.45) is 4.77. The Labute approximate surface area is 597 Å². The number of carbonyl (C=O) groups is 8. The van der Waals surface area contributed by atoms with Gasteiger partial charge in [-0.05, 0) is 146 Å². The highest BCUT2D eigenvalue weighted by Gasteiger charge is 2.66. The Balaban J connectivity index is 0.630. The van der Waals surface area contributed by atoms with Gasteiger partial charge in [0, 0.05) is 86.6 Å². The number of unbranched alkanes of at least 4 members (excludes halogenated alkanes) is 2. The molecule has 4 aliphatic carbocycles. The van der Waals surface area contributed by atoms with Crippen molar-refractivity contribution in [2.45, 2.75) is 153 Å². The number of aliphatic carboxylic acids is 1. The van der Waals surface area contributed by atoms with Gasteiger partial charge in [-0.3, -0.25) is 43.8 Å². The number of anilines is 3. The van der Waals surface area contributed by atoms with Crippen molar-refractivity contribution in [3.8, 4) is 16.9 Å². The summed E-state index contributed by atoms with van der Waals surface area (Å²) in [5.74, 6) is -4.33. The molecule has 28 nitrogen and oxygen atoms in total. The van der Waals surface area contributed by atoms with Gasteiger partial charge in [0.15, 0.2) is 16.9 Å². The van der Waals surface area contributed by atoms with E-state index in [2.05, 4.69) is 34.8 Å². The first-order chi connectivity index (χ1) is 49.3. The van der Waals surface area contributed by atoms with Crippen LogP contribution in [0.15, 0.2) is 97.2 Å². The van der Waals surface area contributed by atoms with E-state index in [1.54, 1.807) is 35.4 Å². The number of pyridine rings is 1. The number of fused-ring (bicyclic) bond motifs is 2. The Bertz CT molecular complexity index is 4290. The maximum Gasteiger partial charge on any atom is 0.410 e. The molecule has 4 saturated carbocycles. The van der Waals surface area contributed by atoms with Gasteiger partial charge < -0.3 is 64.8 Å². The third-order valence-corrected chi connectivity index (χ3v) is 21.8. The number of hydrogen-bond acceptors (Lipinski definition) is 21. The monoisotopic (exact) mass is 1430 g/mol. The maximum absolute atomic E-state index is 14.0. The number of imide groups is 1. The molecule has 4 bridgehead atoms. The van der Waals surface area contributed by atoms with E-state index in [1.807, 2.05) is 65.0 Å². The van der Waals surface area contributed by atoms with Gasteiger partial charge in [0.2, 0.25) is 18.1 Å². The molecule has 4 aliphatic heterocycles. The number of aromatic carboxylic acids is 1. The molecular formula is C74H84N10O18S. The molecule has 6 amide bonds. The number of carboxylic acid groups (broad SMARTS) is 2. The molecule has 2 saturated heterocycles. The lowest BCUT2D eigenvalue weighted by Crippen LogP contribution is -2.64. The first-order valence-electron chi connectivity index (χ1n) is 34.8. The highest BCUT2D eigenvalue weighted by atomic mass is 32.1. The second-order valence-electron chi connectivity index (χ2n) is 29.0. The first-order valence-corrected chi connectivity index (χ1v) is 35.6. The van der Waals surface area contributed by atoms with Crippen molar-refractivity contribution >= 4 is 91.8 Å². The van der Waals surface area contributed by atoms with Crippen LogP contribution in [0.4, 0.5) is 21.4 Å². The molecule has 6 fully saturated rings. The molecule has 0 spiro atoms. The smallest absolute Gasteiger partial charge is 0.410 e. The van der Waals surface area contributed by atoms with Crippen molar-refractivity contribution in [1.82, 2.24) is 34.9 Å². The Morgan fingerprint density at radius 1 is 0.816 bits per heavy atom. The summed E-state index contributed by atoms with van der Waals surface area (Å²) in [5.41, 5.74) is 4.77. The van der Waals surface area contributed by atoms with Crippen LogP contribution in [0.3, 0.4) is 0 Å². The molecule has 29 heteroatoms. The van der Waals surface area contributed by atoms with Crippen LogP contribution in [-0.2, 0) is 62.4 Å². The van der Waals surface area contributed by atoms with Crippen molar-refractivity contribution in [1.29, 1.82) is 0 Å². The molecule has 8 aliphatic rings. The normalized spacial score (nSPS) is 25.6. The summed E-state index contributed by atoms with van der Waals surface area (Å²) < 4.78 is 32.7. The minimum absolute atomic E-state index is 0.0224. The number of amides is 6. The van der Waals surface area contributed by atoms with Crippen LogP contribution in [0.1, 0.15) is 128 Å². The summed E-state index contributed by atoms with van der Waals surface area (Å²) in [6, 6.07) is 21.3. The van der Waals surface area contributed by atoms with Crippen molar-refractivity contribution in [2.24, 2.45) is 16.2 Å². The standard InChI is InChI=1S/C74H84N10O18S/c1-43-49(47-18-20-55(79-60(47)66(93)94)81-27-24-45-12-9-13-48(50(45)33-81)65(92)80-69-78-51-14-6-7-15-54(51)103-69)32-76-84(43)42-73-37-71(2)36-72(3,38-73)40-74(39-71,41-73)100-30-28-82(46-34-98-35-46)70(97)99-29-10-11-44-17-19-53(101-68-63(91)61(89)62(90)64(102-68)67(95)96)52(31-44)77-57(86)23-25-75-56(85)16-5-4-8-26-83-58(87)21-22-59(83)88/h6-7,9-15,17-22,31-32,46,61-64,68,89-91H,4-5,8,16,23-30,33-42H2,1-3H3,(H,75,85)(H,77,86)(H,93,94)(H,95,96)(H,78,80,92)/b11-10+/t61-,62-,63+,64-,68+,71?,72?,73?,74?/m0/s1. The summed E-state index contributed by atoms with van der Waals surface area (Å²) >= 11 is 1.41.